The average molecular weight is 831 g/mol. The van der Waals surface area contributed by atoms with Gasteiger partial charge in [0.15, 0.2) is 0 Å². The van der Waals surface area contributed by atoms with Crippen LogP contribution >= 0.6 is 18.1 Å². The van der Waals surface area contributed by atoms with Crippen LogP contribution in [0, 0.1) is 0 Å². The molecule has 0 radical (unpaired) electrons. The zero-order chi connectivity index (χ0) is 43.8. The lowest BCUT2D eigenvalue weighted by Crippen LogP contribution is -2.17. The Labute approximate surface area is 355 Å². The third-order valence-electron chi connectivity index (χ3n) is 10.4. The first-order valence-electron chi connectivity index (χ1n) is 20.4. The molecule has 0 bridgehead atoms. The SMILES string of the molecule is COc1cc(-c2cc(OC)cc(C(C)(C)C)c2OPOc2ccc(C(C)(C)C)cc2C(C)(C)C)c(OPOc2ccc(C(C)(C)C)cc2C(C)(C)C)c(C(C)(C)C)c1. The summed E-state index contributed by atoms with van der Waals surface area (Å²) in [6.45, 7) is 39.8. The number of hydrogen-bond acceptors (Lipinski definition) is 6. The van der Waals surface area contributed by atoms with E-state index in [2.05, 4.69) is 173 Å². The van der Waals surface area contributed by atoms with Crippen LogP contribution in [0.2, 0.25) is 0 Å². The van der Waals surface area contributed by atoms with Crippen molar-refractivity contribution in [3.05, 3.63) is 94.0 Å². The van der Waals surface area contributed by atoms with Crippen LogP contribution in [0.25, 0.3) is 11.1 Å². The van der Waals surface area contributed by atoms with Crippen molar-refractivity contribution in [1.82, 2.24) is 0 Å². The summed E-state index contributed by atoms with van der Waals surface area (Å²) in [7, 11) is 2.74. The molecule has 2 atom stereocenters. The number of rotatable bonds is 11. The average Bonchev–Trinajstić information content (AvgIpc) is 3.09. The highest BCUT2D eigenvalue weighted by Crippen LogP contribution is 2.52. The molecule has 4 aromatic rings. The van der Waals surface area contributed by atoms with E-state index in [1.165, 1.54) is 11.1 Å². The first-order valence-corrected chi connectivity index (χ1v) is 22.0. The number of methoxy groups -OCH3 is 2. The normalized spacial score (nSPS) is 13.4. The van der Waals surface area contributed by atoms with Crippen LogP contribution < -0.4 is 27.6 Å². The number of benzene rings is 4. The van der Waals surface area contributed by atoms with Gasteiger partial charge in [-0.15, -0.1) is 0 Å². The molecule has 58 heavy (non-hydrogen) atoms. The minimum absolute atomic E-state index is 0.0106. The standard InChI is InChI=1S/C50H72O6P2/c1-45(2,3)31-21-23-41(37(25-31)47(7,8)9)53-57-55-43-35(27-33(51-19)29-39(43)49(13,14)15)36-28-34(52-20)30-40(50(16,17)18)44(36)56-58-54-42-24-22-32(46(4,5)6)26-38(42)48(10,11)12/h21-30,57-58H,1-20H3. The molecular weight excluding hydrogens is 758 g/mol. The molecule has 318 valence electrons. The summed E-state index contributed by atoms with van der Waals surface area (Å²) < 4.78 is 38.8. The summed E-state index contributed by atoms with van der Waals surface area (Å²) in [4.78, 5) is 0. The van der Waals surface area contributed by atoms with Gasteiger partial charge in [-0.3, -0.25) is 0 Å². The van der Waals surface area contributed by atoms with Gasteiger partial charge in [-0.05, 0) is 80.0 Å². The summed E-state index contributed by atoms with van der Waals surface area (Å²) in [6, 6.07) is 21.2. The molecule has 0 saturated carbocycles. The molecule has 0 heterocycles. The Morgan fingerprint density at radius 1 is 0.345 bits per heavy atom. The van der Waals surface area contributed by atoms with Crippen LogP contribution in [0.15, 0.2) is 60.7 Å². The van der Waals surface area contributed by atoms with Gasteiger partial charge in [0.2, 0.25) is 0 Å². The maximum absolute atomic E-state index is 6.86. The molecule has 0 saturated heterocycles. The fourth-order valence-corrected chi connectivity index (χ4v) is 7.96. The first-order chi connectivity index (χ1) is 26.5. The zero-order valence-corrected chi connectivity index (χ0v) is 41.2. The Balaban J connectivity index is 1.89. The van der Waals surface area contributed by atoms with E-state index < -0.39 is 0 Å². The van der Waals surface area contributed by atoms with Crippen LogP contribution in [-0.4, -0.2) is 14.2 Å². The van der Waals surface area contributed by atoms with E-state index in [0.717, 1.165) is 44.9 Å². The van der Waals surface area contributed by atoms with Gasteiger partial charge in [-0.1, -0.05) is 149 Å². The Morgan fingerprint density at radius 3 is 0.914 bits per heavy atom. The fourth-order valence-electron chi connectivity index (χ4n) is 6.73. The van der Waals surface area contributed by atoms with Crippen molar-refractivity contribution in [3.63, 3.8) is 0 Å². The van der Waals surface area contributed by atoms with Crippen LogP contribution in [0.3, 0.4) is 0 Å². The van der Waals surface area contributed by atoms with Crippen molar-refractivity contribution in [1.29, 1.82) is 0 Å². The van der Waals surface area contributed by atoms with Crippen molar-refractivity contribution in [2.75, 3.05) is 14.2 Å². The van der Waals surface area contributed by atoms with E-state index in [4.69, 9.17) is 27.6 Å². The quantitative estimate of drug-likeness (QED) is 0.140. The van der Waals surface area contributed by atoms with Crippen molar-refractivity contribution in [3.8, 4) is 45.6 Å². The van der Waals surface area contributed by atoms with E-state index in [9.17, 15) is 0 Å². The van der Waals surface area contributed by atoms with Crippen LogP contribution in [0.4, 0.5) is 0 Å². The third kappa shape index (κ3) is 11.4. The molecule has 6 nitrogen and oxygen atoms in total. The van der Waals surface area contributed by atoms with E-state index in [-0.39, 0.29) is 50.6 Å². The smallest absolute Gasteiger partial charge is 0.275 e. The van der Waals surface area contributed by atoms with Crippen LogP contribution in [0.1, 0.15) is 158 Å². The van der Waals surface area contributed by atoms with E-state index in [0.29, 0.717) is 23.0 Å². The minimum Gasteiger partial charge on any atom is -0.497 e. The second-order valence-corrected chi connectivity index (χ2v) is 22.7. The van der Waals surface area contributed by atoms with Crippen molar-refractivity contribution in [2.45, 2.75) is 157 Å². The van der Waals surface area contributed by atoms with Gasteiger partial charge < -0.3 is 27.6 Å². The summed E-state index contributed by atoms with van der Waals surface area (Å²) >= 11 is 0. The molecule has 0 amide bonds. The minimum atomic E-state index is -0.325. The lowest BCUT2D eigenvalue weighted by Gasteiger charge is -2.29. The second-order valence-electron chi connectivity index (χ2n) is 21.6. The highest BCUT2D eigenvalue weighted by molar-refractivity contribution is 7.27. The molecule has 4 rings (SSSR count). The number of ether oxygens (including phenoxy) is 2. The Bertz CT molecular complexity index is 1910. The largest absolute Gasteiger partial charge is 0.497 e. The first kappa shape index (κ1) is 47.2. The monoisotopic (exact) mass is 830 g/mol. The lowest BCUT2D eigenvalue weighted by atomic mass is 9.80. The molecule has 2 unspecified atom stereocenters. The zero-order valence-electron chi connectivity index (χ0n) is 39.2. The van der Waals surface area contributed by atoms with Gasteiger partial charge >= 0.3 is 0 Å². The van der Waals surface area contributed by atoms with Crippen molar-refractivity contribution >= 4 is 18.1 Å². The van der Waals surface area contributed by atoms with Gasteiger partial charge in [0.25, 0.3) is 18.1 Å². The predicted molar refractivity (Wildman–Crippen MR) is 249 cm³/mol. The van der Waals surface area contributed by atoms with Gasteiger partial charge in [0.1, 0.15) is 34.5 Å². The Hall–Kier alpha value is -3.46. The van der Waals surface area contributed by atoms with E-state index >= 15 is 0 Å². The maximum Gasteiger partial charge on any atom is 0.275 e. The Morgan fingerprint density at radius 2 is 0.655 bits per heavy atom. The molecule has 0 fully saturated rings. The summed E-state index contributed by atoms with van der Waals surface area (Å²) in [5, 5.41) is 0. The Kier molecular flexibility index (Phi) is 14.1. The van der Waals surface area contributed by atoms with Gasteiger partial charge in [-0.25, -0.2) is 0 Å². The predicted octanol–water partition coefficient (Wildman–Crippen LogP) is 15.1. The van der Waals surface area contributed by atoms with Gasteiger partial charge in [-0.2, -0.15) is 0 Å². The summed E-state index contributed by atoms with van der Waals surface area (Å²) in [5.41, 5.74) is 7.54. The highest BCUT2D eigenvalue weighted by atomic mass is 31.1. The lowest BCUT2D eigenvalue weighted by molar-refractivity contribution is 0.409. The van der Waals surface area contributed by atoms with Crippen molar-refractivity contribution in [2.24, 2.45) is 0 Å². The molecule has 4 aromatic carbocycles. The van der Waals surface area contributed by atoms with Gasteiger partial charge in [0.05, 0.1) is 14.2 Å². The third-order valence-corrected chi connectivity index (χ3v) is 11.6. The topological polar surface area (TPSA) is 55.4 Å². The molecule has 0 aliphatic heterocycles. The molecule has 0 aromatic heterocycles. The molecule has 0 spiro atoms. The maximum atomic E-state index is 6.86. The molecule has 0 N–H and O–H groups in total. The van der Waals surface area contributed by atoms with Gasteiger partial charge in [0, 0.05) is 33.4 Å². The molecule has 0 aliphatic rings. The van der Waals surface area contributed by atoms with Crippen LogP contribution in [-0.2, 0) is 32.5 Å². The van der Waals surface area contributed by atoms with E-state index in [1.807, 2.05) is 12.1 Å². The second kappa shape index (κ2) is 17.3. The molecule has 0 aliphatic carbocycles. The van der Waals surface area contributed by atoms with Crippen LogP contribution in [0.5, 0.6) is 34.5 Å². The summed E-state index contributed by atoms with van der Waals surface area (Å²) in [5.74, 6) is 4.45. The van der Waals surface area contributed by atoms with Crippen molar-refractivity contribution < 1.29 is 27.6 Å². The fraction of sp³-hybridized carbons (Fsp3) is 0.520. The number of hydrogen-bond donors (Lipinski definition) is 0. The molecular formula is C50H72O6P2. The van der Waals surface area contributed by atoms with E-state index in [1.54, 1.807) is 14.2 Å². The molecule has 8 heteroatoms. The summed E-state index contributed by atoms with van der Waals surface area (Å²) in [6.07, 6.45) is 0. The highest BCUT2D eigenvalue weighted by Gasteiger charge is 2.31.